The Kier molecular flexibility index (Phi) is 4.42. The fourth-order valence-electron chi connectivity index (χ4n) is 2.74. The molecule has 1 aromatic carbocycles. The lowest BCUT2D eigenvalue weighted by Crippen LogP contribution is -2.39. The number of benzene rings is 1. The van der Waals surface area contributed by atoms with E-state index >= 15 is 0 Å². The van der Waals surface area contributed by atoms with Gasteiger partial charge >= 0.3 is 0 Å². The Morgan fingerprint density at radius 3 is 2.91 bits per heavy atom. The van der Waals surface area contributed by atoms with Crippen molar-refractivity contribution in [1.82, 2.24) is 14.7 Å². The maximum absolute atomic E-state index is 9.75. The minimum atomic E-state index is -0.256. The van der Waals surface area contributed by atoms with Gasteiger partial charge in [0.2, 0.25) is 5.89 Å². The van der Waals surface area contributed by atoms with E-state index in [9.17, 15) is 5.11 Å². The van der Waals surface area contributed by atoms with Crippen molar-refractivity contribution in [3.05, 3.63) is 34.2 Å². The predicted octanol–water partition coefficient (Wildman–Crippen LogP) is 2.90. The molecule has 1 atom stereocenters. The smallest absolute Gasteiger partial charge is 0.288 e. The van der Waals surface area contributed by atoms with Gasteiger partial charge in [0.25, 0.3) is 4.84 Å². The molecule has 1 fully saturated rings. The van der Waals surface area contributed by atoms with E-state index in [0.29, 0.717) is 23.9 Å². The van der Waals surface area contributed by atoms with Crippen molar-refractivity contribution in [1.29, 1.82) is 0 Å². The Bertz CT molecular complexity index is 722. The average molecular weight is 319 g/mol. The molecule has 1 aromatic heterocycles. The van der Waals surface area contributed by atoms with E-state index in [2.05, 4.69) is 36.0 Å². The number of aliphatic hydroxyl groups excluding tert-OH is 1. The molecule has 0 saturated carbocycles. The zero-order chi connectivity index (χ0) is 15.7. The number of piperidine rings is 1. The summed E-state index contributed by atoms with van der Waals surface area (Å²) < 4.78 is 7.33. The van der Waals surface area contributed by atoms with Crippen molar-refractivity contribution in [3.8, 4) is 11.5 Å². The molecule has 1 saturated heterocycles. The standard InChI is InChI=1S/C16H21N3O2S/c1-11-5-6-13(8-12(11)2)15-17-19(16(22)21-15)10-18-7-3-4-14(20)9-18/h5-6,8,14,20H,3-4,7,9-10H2,1-2H3/t14-/m1/s1. The Morgan fingerprint density at radius 2 is 2.18 bits per heavy atom. The molecule has 0 bridgehead atoms. The Labute approximate surface area is 135 Å². The van der Waals surface area contributed by atoms with Crippen molar-refractivity contribution in [2.75, 3.05) is 13.1 Å². The number of aliphatic hydroxyl groups is 1. The number of hydrogen-bond acceptors (Lipinski definition) is 5. The first-order chi connectivity index (χ1) is 10.5. The van der Waals surface area contributed by atoms with Crippen molar-refractivity contribution in [2.24, 2.45) is 0 Å². The topological polar surface area (TPSA) is 54.4 Å². The van der Waals surface area contributed by atoms with Crippen LogP contribution < -0.4 is 0 Å². The number of β-amino-alcohol motifs (C(OH)–C–C–N with tert-alkyl or cyclic N) is 1. The van der Waals surface area contributed by atoms with Gasteiger partial charge in [0.15, 0.2) is 0 Å². The minimum Gasteiger partial charge on any atom is -0.409 e. The van der Waals surface area contributed by atoms with Gasteiger partial charge in [-0.15, -0.1) is 5.10 Å². The molecule has 0 radical (unpaired) electrons. The van der Waals surface area contributed by atoms with Gasteiger partial charge < -0.3 is 9.52 Å². The minimum absolute atomic E-state index is 0.256. The van der Waals surface area contributed by atoms with E-state index in [0.717, 1.165) is 24.9 Å². The molecule has 2 aromatic rings. The SMILES string of the molecule is Cc1ccc(-c2nn(CN3CCC[C@@H](O)C3)c(=S)o2)cc1C. The van der Waals surface area contributed by atoms with Gasteiger partial charge in [-0.2, -0.15) is 0 Å². The summed E-state index contributed by atoms with van der Waals surface area (Å²) in [6.07, 6.45) is 1.61. The lowest BCUT2D eigenvalue weighted by Gasteiger charge is -2.29. The first-order valence-electron chi connectivity index (χ1n) is 7.59. The third-order valence-corrected chi connectivity index (χ3v) is 4.47. The normalized spacial score (nSPS) is 19.5. The zero-order valence-corrected chi connectivity index (χ0v) is 13.8. The summed E-state index contributed by atoms with van der Waals surface area (Å²) in [5.74, 6) is 0.547. The highest BCUT2D eigenvalue weighted by molar-refractivity contribution is 7.71. The summed E-state index contributed by atoms with van der Waals surface area (Å²) >= 11 is 5.27. The fourth-order valence-corrected chi connectivity index (χ4v) is 2.91. The van der Waals surface area contributed by atoms with Crippen LogP contribution in [-0.2, 0) is 6.67 Å². The number of aryl methyl sites for hydroxylation is 2. The van der Waals surface area contributed by atoms with Crippen LogP contribution in [-0.4, -0.2) is 39.0 Å². The van der Waals surface area contributed by atoms with Crippen LogP contribution in [0.1, 0.15) is 24.0 Å². The lowest BCUT2D eigenvalue weighted by atomic mass is 10.1. The van der Waals surface area contributed by atoms with Gasteiger partial charge in [-0.25, -0.2) is 4.68 Å². The van der Waals surface area contributed by atoms with Crippen LogP contribution >= 0.6 is 12.2 Å². The predicted molar refractivity (Wildman–Crippen MR) is 87.1 cm³/mol. The van der Waals surface area contributed by atoms with Crippen LogP contribution in [0.5, 0.6) is 0 Å². The molecule has 1 aliphatic rings. The number of hydrogen-bond donors (Lipinski definition) is 1. The van der Waals surface area contributed by atoms with Crippen LogP contribution in [0.25, 0.3) is 11.5 Å². The van der Waals surface area contributed by atoms with E-state index in [4.69, 9.17) is 16.6 Å². The molecular formula is C16H21N3O2S. The van der Waals surface area contributed by atoms with E-state index in [1.807, 2.05) is 6.07 Å². The monoisotopic (exact) mass is 319 g/mol. The van der Waals surface area contributed by atoms with Gasteiger partial charge in [-0.3, -0.25) is 4.90 Å². The summed E-state index contributed by atoms with van der Waals surface area (Å²) in [5.41, 5.74) is 3.38. The van der Waals surface area contributed by atoms with Gasteiger partial charge in [-0.05, 0) is 62.2 Å². The largest absolute Gasteiger partial charge is 0.409 e. The third kappa shape index (κ3) is 3.29. The van der Waals surface area contributed by atoms with E-state index in [-0.39, 0.29) is 6.10 Å². The van der Waals surface area contributed by atoms with Crippen molar-refractivity contribution < 1.29 is 9.52 Å². The number of nitrogens with zero attached hydrogens (tertiary/aromatic N) is 3. The number of aromatic nitrogens is 2. The molecular weight excluding hydrogens is 298 g/mol. The lowest BCUT2D eigenvalue weighted by molar-refractivity contribution is 0.0509. The zero-order valence-electron chi connectivity index (χ0n) is 13.0. The summed E-state index contributed by atoms with van der Waals surface area (Å²) in [6.45, 7) is 6.32. The van der Waals surface area contributed by atoms with Crippen LogP contribution in [0.3, 0.4) is 0 Å². The van der Waals surface area contributed by atoms with Crippen molar-refractivity contribution in [3.63, 3.8) is 0 Å². The Hall–Kier alpha value is -1.50. The van der Waals surface area contributed by atoms with Gasteiger partial charge in [0, 0.05) is 18.7 Å². The molecule has 118 valence electrons. The highest BCUT2D eigenvalue weighted by Gasteiger charge is 2.19. The fraction of sp³-hybridized carbons (Fsp3) is 0.500. The van der Waals surface area contributed by atoms with Gasteiger partial charge in [0.05, 0.1) is 12.8 Å². The maximum Gasteiger partial charge on any atom is 0.288 e. The first-order valence-corrected chi connectivity index (χ1v) is 8.00. The highest BCUT2D eigenvalue weighted by Crippen LogP contribution is 2.21. The Balaban J connectivity index is 1.81. The molecule has 6 heteroatoms. The molecule has 0 unspecified atom stereocenters. The number of rotatable bonds is 3. The summed E-state index contributed by atoms with van der Waals surface area (Å²) in [7, 11) is 0. The van der Waals surface area contributed by atoms with Gasteiger partial charge in [0.1, 0.15) is 0 Å². The molecule has 3 rings (SSSR count). The Morgan fingerprint density at radius 1 is 1.36 bits per heavy atom. The van der Waals surface area contributed by atoms with Crippen LogP contribution in [0, 0.1) is 18.7 Å². The molecule has 2 heterocycles. The second kappa shape index (κ2) is 6.32. The summed E-state index contributed by atoms with van der Waals surface area (Å²) in [6, 6.07) is 6.12. The van der Waals surface area contributed by atoms with Gasteiger partial charge in [-0.1, -0.05) is 6.07 Å². The molecule has 0 amide bonds. The molecule has 5 nitrogen and oxygen atoms in total. The second-order valence-corrected chi connectivity index (χ2v) is 6.34. The number of likely N-dealkylation sites (tertiary alicyclic amines) is 1. The second-order valence-electron chi connectivity index (χ2n) is 5.99. The summed E-state index contributed by atoms with van der Waals surface area (Å²) in [5, 5.41) is 14.2. The van der Waals surface area contributed by atoms with Crippen LogP contribution in [0.2, 0.25) is 0 Å². The maximum atomic E-state index is 9.75. The molecule has 1 aliphatic heterocycles. The molecule has 1 N–H and O–H groups in total. The van der Waals surface area contributed by atoms with Crippen LogP contribution in [0.4, 0.5) is 0 Å². The third-order valence-electron chi connectivity index (χ3n) is 4.17. The van der Waals surface area contributed by atoms with E-state index < -0.39 is 0 Å². The molecule has 0 spiro atoms. The summed E-state index contributed by atoms with van der Waals surface area (Å²) in [4.78, 5) is 2.52. The van der Waals surface area contributed by atoms with Crippen molar-refractivity contribution >= 4 is 12.2 Å². The van der Waals surface area contributed by atoms with Crippen LogP contribution in [0.15, 0.2) is 22.6 Å². The molecule has 22 heavy (non-hydrogen) atoms. The average Bonchev–Trinajstić information content (AvgIpc) is 2.83. The molecule has 0 aliphatic carbocycles. The highest BCUT2D eigenvalue weighted by atomic mass is 32.1. The first kappa shape index (κ1) is 15.4. The quantitative estimate of drug-likeness (QED) is 0.882. The van der Waals surface area contributed by atoms with Crippen molar-refractivity contribution in [2.45, 2.75) is 39.5 Å². The van der Waals surface area contributed by atoms with E-state index in [1.54, 1.807) is 4.68 Å². The van der Waals surface area contributed by atoms with E-state index in [1.165, 1.54) is 11.1 Å².